The normalized spacial score (nSPS) is 16.1. The van der Waals surface area contributed by atoms with E-state index < -0.39 is 0 Å². The molecular formula is C12H19N5O2. The Bertz CT molecular complexity index is 477. The molecule has 2 heterocycles. The van der Waals surface area contributed by atoms with Crippen LogP contribution in [0.25, 0.3) is 0 Å². The number of hydrogen-bond acceptors (Lipinski definition) is 6. The van der Waals surface area contributed by atoms with Crippen LogP contribution in [0.4, 0.5) is 11.5 Å². The summed E-state index contributed by atoms with van der Waals surface area (Å²) in [7, 11) is 1.79. The highest BCUT2D eigenvalue weighted by Crippen LogP contribution is 2.29. The molecule has 0 bridgehead atoms. The first kappa shape index (κ1) is 13.4. The van der Waals surface area contributed by atoms with Gasteiger partial charge in [0.25, 0.3) is 0 Å². The summed E-state index contributed by atoms with van der Waals surface area (Å²) in [6, 6.07) is 0. The van der Waals surface area contributed by atoms with E-state index in [9.17, 15) is 4.79 Å². The van der Waals surface area contributed by atoms with Crippen LogP contribution in [0, 0.1) is 0 Å². The molecule has 1 saturated heterocycles. The molecular weight excluding hydrogens is 246 g/mol. The Labute approximate surface area is 112 Å². The number of carbonyl (C=O) groups is 1. The van der Waals surface area contributed by atoms with E-state index in [4.69, 9.17) is 10.5 Å². The maximum atomic E-state index is 11.7. The van der Waals surface area contributed by atoms with E-state index >= 15 is 0 Å². The average Bonchev–Trinajstić information content (AvgIpc) is 2.35. The first-order valence-electron chi connectivity index (χ1n) is 6.25. The molecule has 0 spiro atoms. The Balaban J connectivity index is 2.23. The van der Waals surface area contributed by atoms with Gasteiger partial charge in [0, 0.05) is 20.1 Å². The quantitative estimate of drug-likeness (QED) is 0.836. The number of hydrogen-bond donors (Lipinski definition) is 1. The van der Waals surface area contributed by atoms with Crippen LogP contribution in [0.1, 0.15) is 13.8 Å². The fourth-order valence-electron chi connectivity index (χ4n) is 1.88. The molecule has 2 rings (SSSR count). The fraction of sp³-hybridized carbons (Fsp3) is 0.583. The van der Waals surface area contributed by atoms with Crippen molar-refractivity contribution in [2.45, 2.75) is 20.0 Å². The first-order chi connectivity index (χ1) is 8.99. The van der Waals surface area contributed by atoms with Crippen LogP contribution < -0.4 is 15.4 Å². The van der Waals surface area contributed by atoms with Crippen LogP contribution in [0.2, 0.25) is 0 Å². The third-order valence-corrected chi connectivity index (χ3v) is 2.93. The molecule has 0 unspecified atom stereocenters. The third kappa shape index (κ3) is 2.86. The molecule has 7 nitrogen and oxygen atoms in total. The van der Waals surface area contributed by atoms with Gasteiger partial charge in [0.05, 0.1) is 12.6 Å². The largest absolute Gasteiger partial charge is 0.473 e. The SMILES string of the molecule is CC(C)Oc1ncnc(N2CCN(C)C(=O)C2)c1N. The molecule has 19 heavy (non-hydrogen) atoms. The highest BCUT2D eigenvalue weighted by Gasteiger charge is 2.24. The van der Waals surface area contributed by atoms with Crippen LogP contribution in [0.5, 0.6) is 5.88 Å². The fourth-order valence-corrected chi connectivity index (χ4v) is 1.88. The molecule has 1 aliphatic heterocycles. The van der Waals surface area contributed by atoms with Crippen molar-refractivity contribution in [1.82, 2.24) is 14.9 Å². The summed E-state index contributed by atoms with van der Waals surface area (Å²) in [6.45, 7) is 5.44. The van der Waals surface area contributed by atoms with Crippen molar-refractivity contribution in [3.63, 3.8) is 0 Å². The molecule has 0 atom stereocenters. The second-order valence-corrected chi connectivity index (χ2v) is 4.82. The molecule has 2 N–H and O–H groups in total. The highest BCUT2D eigenvalue weighted by atomic mass is 16.5. The zero-order valence-electron chi connectivity index (χ0n) is 11.5. The number of anilines is 2. The van der Waals surface area contributed by atoms with Crippen LogP contribution in [0.15, 0.2) is 6.33 Å². The summed E-state index contributed by atoms with van der Waals surface area (Å²) in [5.41, 5.74) is 6.41. The second-order valence-electron chi connectivity index (χ2n) is 4.82. The topological polar surface area (TPSA) is 84.6 Å². The predicted octanol–water partition coefficient (Wildman–Crippen LogP) is 0.124. The number of nitrogens with zero attached hydrogens (tertiary/aromatic N) is 4. The summed E-state index contributed by atoms with van der Waals surface area (Å²) >= 11 is 0. The van der Waals surface area contributed by atoms with Gasteiger partial charge in [0.2, 0.25) is 11.8 Å². The molecule has 1 fully saturated rings. The number of amides is 1. The number of ether oxygens (including phenoxy) is 1. The summed E-state index contributed by atoms with van der Waals surface area (Å²) in [5.74, 6) is 0.981. The van der Waals surface area contributed by atoms with Crippen molar-refractivity contribution in [1.29, 1.82) is 0 Å². The van der Waals surface area contributed by atoms with Gasteiger partial charge in [-0.25, -0.2) is 4.98 Å². The second kappa shape index (κ2) is 5.29. The van der Waals surface area contributed by atoms with E-state index in [1.807, 2.05) is 18.7 Å². The maximum Gasteiger partial charge on any atom is 0.242 e. The van der Waals surface area contributed by atoms with E-state index in [1.54, 1.807) is 11.9 Å². The van der Waals surface area contributed by atoms with Crippen molar-refractivity contribution >= 4 is 17.4 Å². The monoisotopic (exact) mass is 265 g/mol. The minimum Gasteiger partial charge on any atom is -0.473 e. The zero-order valence-corrected chi connectivity index (χ0v) is 11.5. The van der Waals surface area contributed by atoms with E-state index in [1.165, 1.54) is 6.33 Å². The molecule has 0 aliphatic carbocycles. The summed E-state index contributed by atoms with van der Waals surface area (Å²) in [4.78, 5) is 23.5. The molecule has 1 amide bonds. The lowest BCUT2D eigenvalue weighted by Gasteiger charge is -2.33. The molecule has 104 valence electrons. The number of piperazine rings is 1. The van der Waals surface area contributed by atoms with E-state index in [0.29, 0.717) is 30.5 Å². The first-order valence-corrected chi connectivity index (χ1v) is 6.25. The molecule has 7 heteroatoms. The smallest absolute Gasteiger partial charge is 0.242 e. The average molecular weight is 265 g/mol. The number of likely N-dealkylation sites (N-methyl/N-ethyl adjacent to an activating group) is 1. The molecule has 1 aromatic rings. The minimum absolute atomic E-state index is 0.0147. The van der Waals surface area contributed by atoms with Crippen LogP contribution >= 0.6 is 0 Å². The lowest BCUT2D eigenvalue weighted by Crippen LogP contribution is -2.49. The standard InChI is InChI=1S/C12H19N5O2/c1-8(2)19-12-10(13)11(14-7-15-12)17-5-4-16(3)9(18)6-17/h7-8H,4-6,13H2,1-3H3. The van der Waals surface area contributed by atoms with Gasteiger partial charge in [-0.15, -0.1) is 0 Å². The van der Waals surface area contributed by atoms with E-state index in [0.717, 1.165) is 0 Å². The number of nitrogens with two attached hydrogens (primary N) is 1. The van der Waals surface area contributed by atoms with Gasteiger partial charge in [-0.1, -0.05) is 0 Å². The minimum atomic E-state index is -0.0147. The molecule has 1 aromatic heterocycles. The van der Waals surface area contributed by atoms with Gasteiger partial charge in [-0.05, 0) is 13.8 Å². The van der Waals surface area contributed by atoms with Crippen molar-refractivity contribution in [2.75, 3.05) is 37.3 Å². The lowest BCUT2D eigenvalue weighted by atomic mass is 10.3. The third-order valence-electron chi connectivity index (χ3n) is 2.93. The van der Waals surface area contributed by atoms with Gasteiger partial charge in [-0.3, -0.25) is 4.79 Å². The Morgan fingerprint density at radius 2 is 2.11 bits per heavy atom. The van der Waals surface area contributed by atoms with Crippen LogP contribution in [-0.2, 0) is 4.79 Å². The van der Waals surface area contributed by atoms with Crippen molar-refractivity contribution in [3.8, 4) is 5.88 Å². The van der Waals surface area contributed by atoms with Crippen molar-refractivity contribution in [2.24, 2.45) is 0 Å². The van der Waals surface area contributed by atoms with Crippen LogP contribution in [-0.4, -0.2) is 53.6 Å². The molecule has 0 radical (unpaired) electrons. The lowest BCUT2D eigenvalue weighted by molar-refractivity contribution is -0.129. The summed E-state index contributed by atoms with van der Waals surface area (Å²) in [6.07, 6.45) is 1.39. The van der Waals surface area contributed by atoms with Crippen molar-refractivity contribution in [3.05, 3.63) is 6.33 Å². The Morgan fingerprint density at radius 1 is 1.37 bits per heavy atom. The van der Waals surface area contributed by atoms with E-state index in [-0.39, 0.29) is 18.6 Å². The predicted molar refractivity (Wildman–Crippen MR) is 72.1 cm³/mol. The molecule has 1 aliphatic rings. The maximum absolute atomic E-state index is 11.7. The number of aromatic nitrogens is 2. The number of rotatable bonds is 3. The zero-order chi connectivity index (χ0) is 14.0. The Morgan fingerprint density at radius 3 is 2.74 bits per heavy atom. The van der Waals surface area contributed by atoms with E-state index in [2.05, 4.69) is 9.97 Å². The van der Waals surface area contributed by atoms with Gasteiger partial charge in [-0.2, -0.15) is 4.98 Å². The Hall–Kier alpha value is -2.05. The molecule has 0 saturated carbocycles. The summed E-state index contributed by atoms with van der Waals surface area (Å²) in [5, 5.41) is 0. The Kier molecular flexibility index (Phi) is 3.73. The van der Waals surface area contributed by atoms with Crippen molar-refractivity contribution < 1.29 is 9.53 Å². The summed E-state index contributed by atoms with van der Waals surface area (Å²) < 4.78 is 5.53. The van der Waals surface area contributed by atoms with Gasteiger partial charge < -0.3 is 20.3 Å². The van der Waals surface area contributed by atoms with Crippen LogP contribution in [0.3, 0.4) is 0 Å². The van der Waals surface area contributed by atoms with Gasteiger partial charge >= 0.3 is 0 Å². The van der Waals surface area contributed by atoms with Gasteiger partial charge in [0.15, 0.2) is 5.82 Å². The number of nitrogen functional groups attached to an aromatic ring is 1. The molecule has 0 aromatic carbocycles. The van der Waals surface area contributed by atoms with Gasteiger partial charge in [0.1, 0.15) is 12.0 Å². The number of carbonyl (C=O) groups excluding carboxylic acids is 1. The highest BCUT2D eigenvalue weighted by molar-refractivity contribution is 5.84.